The van der Waals surface area contributed by atoms with E-state index in [0.29, 0.717) is 5.02 Å². The molecule has 2 heterocycles. The standard InChI is InChI=1S/C16H12ClN3OS/c17-11-8-6-10(7-9-11)13-14-15(20-21-13)19-16(22-14)18-12-4-2-1-3-5-12/h1-9,13-14H,(H,18,19,20)/t13-,14+/m1/s1. The molecule has 0 aliphatic carbocycles. The third kappa shape index (κ3) is 2.63. The molecule has 0 aromatic heterocycles. The number of halogens is 1. The lowest BCUT2D eigenvalue weighted by Gasteiger charge is -2.13. The normalized spacial score (nSPS) is 25.0. The van der Waals surface area contributed by atoms with E-state index in [-0.39, 0.29) is 11.4 Å². The van der Waals surface area contributed by atoms with Gasteiger partial charge in [0.05, 0.1) is 5.69 Å². The Morgan fingerprint density at radius 2 is 1.86 bits per heavy atom. The van der Waals surface area contributed by atoms with Crippen LogP contribution < -0.4 is 5.48 Å². The fourth-order valence-electron chi connectivity index (χ4n) is 2.39. The predicted octanol–water partition coefficient (Wildman–Crippen LogP) is 4.12. The molecule has 0 spiro atoms. The molecule has 2 aliphatic rings. The van der Waals surface area contributed by atoms with Gasteiger partial charge in [0, 0.05) is 5.02 Å². The lowest BCUT2D eigenvalue weighted by molar-refractivity contribution is 0.0467. The Labute approximate surface area is 137 Å². The monoisotopic (exact) mass is 329 g/mol. The van der Waals surface area contributed by atoms with Crippen LogP contribution in [0.25, 0.3) is 0 Å². The molecular formula is C16H12ClN3OS. The summed E-state index contributed by atoms with van der Waals surface area (Å²) in [6, 6.07) is 17.5. The highest BCUT2D eigenvalue weighted by molar-refractivity contribution is 8.15. The summed E-state index contributed by atoms with van der Waals surface area (Å²) < 4.78 is 0. The molecule has 0 saturated carbocycles. The van der Waals surface area contributed by atoms with E-state index in [4.69, 9.17) is 16.4 Å². The lowest BCUT2D eigenvalue weighted by atomic mass is 10.1. The number of hydrogen-bond acceptors (Lipinski definition) is 4. The van der Waals surface area contributed by atoms with E-state index in [0.717, 1.165) is 22.3 Å². The number of rotatable bonds is 2. The van der Waals surface area contributed by atoms with E-state index in [2.05, 4.69) is 15.5 Å². The summed E-state index contributed by atoms with van der Waals surface area (Å²) in [6.07, 6.45) is -0.0931. The fraction of sp³-hybridized carbons (Fsp3) is 0.125. The van der Waals surface area contributed by atoms with Gasteiger partial charge in [-0.1, -0.05) is 53.7 Å². The van der Waals surface area contributed by atoms with Crippen molar-refractivity contribution in [2.75, 3.05) is 0 Å². The van der Waals surface area contributed by atoms with Gasteiger partial charge in [-0.15, -0.1) is 0 Å². The predicted molar refractivity (Wildman–Crippen MR) is 90.8 cm³/mol. The molecule has 0 radical (unpaired) electrons. The van der Waals surface area contributed by atoms with Gasteiger partial charge in [0.15, 0.2) is 5.17 Å². The summed E-state index contributed by atoms with van der Waals surface area (Å²) in [5.41, 5.74) is 4.88. The van der Waals surface area contributed by atoms with E-state index in [1.807, 2.05) is 54.6 Å². The average Bonchev–Trinajstić information content (AvgIpc) is 3.09. The first-order chi connectivity index (χ1) is 10.8. The van der Waals surface area contributed by atoms with Crippen molar-refractivity contribution < 1.29 is 4.84 Å². The molecule has 2 aliphatic heterocycles. The molecule has 0 unspecified atom stereocenters. The molecule has 4 nitrogen and oxygen atoms in total. The van der Waals surface area contributed by atoms with E-state index >= 15 is 0 Å². The largest absolute Gasteiger partial charge is 0.265 e. The van der Waals surface area contributed by atoms with Crippen molar-refractivity contribution in [3.8, 4) is 0 Å². The number of benzene rings is 2. The number of hydroxylamine groups is 1. The number of thioether (sulfide) groups is 1. The molecule has 2 aromatic rings. The molecule has 110 valence electrons. The summed E-state index contributed by atoms with van der Waals surface area (Å²) in [5.74, 6) is 0.819. The summed E-state index contributed by atoms with van der Waals surface area (Å²) in [6.45, 7) is 0. The number of nitrogens with one attached hydrogen (secondary N) is 1. The molecule has 2 aromatic carbocycles. The van der Waals surface area contributed by atoms with Gasteiger partial charge < -0.3 is 0 Å². The first-order valence-corrected chi connectivity index (χ1v) is 8.11. The number of aliphatic imine (C=N–C) groups is 2. The van der Waals surface area contributed by atoms with Crippen LogP contribution in [0.3, 0.4) is 0 Å². The minimum Gasteiger partial charge on any atom is -0.265 e. The van der Waals surface area contributed by atoms with Gasteiger partial charge in [0.1, 0.15) is 17.2 Å². The molecule has 0 bridgehead atoms. The minimum atomic E-state index is -0.0931. The van der Waals surface area contributed by atoms with Gasteiger partial charge in [-0.25, -0.2) is 9.98 Å². The second-order valence-corrected chi connectivity index (χ2v) is 6.50. The summed E-state index contributed by atoms with van der Waals surface area (Å²) in [7, 11) is 0. The van der Waals surface area contributed by atoms with E-state index in [9.17, 15) is 0 Å². The maximum absolute atomic E-state index is 5.94. The number of fused-ring (bicyclic) bond motifs is 1. The molecule has 0 amide bonds. The molecular weight excluding hydrogens is 318 g/mol. The Bertz CT molecular complexity index is 746. The van der Waals surface area contributed by atoms with Gasteiger partial charge in [-0.05, 0) is 29.8 Å². The Hall–Kier alpha value is -1.82. The second kappa shape index (κ2) is 5.76. The van der Waals surface area contributed by atoms with Gasteiger partial charge in [-0.2, -0.15) is 0 Å². The van der Waals surface area contributed by atoms with Crippen LogP contribution in [0.2, 0.25) is 5.02 Å². The number of hydrogen-bond donors (Lipinski definition) is 1. The average molecular weight is 330 g/mol. The smallest absolute Gasteiger partial charge is 0.190 e. The van der Waals surface area contributed by atoms with Gasteiger partial charge >= 0.3 is 0 Å². The van der Waals surface area contributed by atoms with Crippen LogP contribution in [-0.2, 0) is 4.84 Å². The van der Waals surface area contributed by atoms with Crippen molar-refractivity contribution in [1.82, 2.24) is 5.48 Å². The van der Waals surface area contributed by atoms with Crippen molar-refractivity contribution in [3.63, 3.8) is 0 Å². The first kappa shape index (κ1) is 13.8. The highest BCUT2D eigenvalue weighted by Crippen LogP contribution is 2.39. The molecule has 2 atom stereocenters. The van der Waals surface area contributed by atoms with Crippen LogP contribution in [0, 0.1) is 0 Å². The van der Waals surface area contributed by atoms with E-state index < -0.39 is 0 Å². The molecule has 4 rings (SSSR count). The highest BCUT2D eigenvalue weighted by atomic mass is 35.5. The van der Waals surface area contributed by atoms with E-state index in [1.165, 1.54) is 0 Å². The summed E-state index contributed by atoms with van der Waals surface area (Å²) in [5, 5.41) is 1.57. The Balaban J connectivity index is 1.57. The first-order valence-electron chi connectivity index (χ1n) is 6.86. The van der Waals surface area contributed by atoms with E-state index in [1.54, 1.807) is 11.8 Å². The Morgan fingerprint density at radius 3 is 2.64 bits per heavy atom. The second-order valence-electron chi connectivity index (χ2n) is 4.96. The maximum Gasteiger partial charge on any atom is 0.190 e. The van der Waals surface area contributed by atoms with Crippen molar-refractivity contribution >= 4 is 40.1 Å². The van der Waals surface area contributed by atoms with Crippen molar-refractivity contribution in [2.24, 2.45) is 9.98 Å². The van der Waals surface area contributed by atoms with Crippen LogP contribution >= 0.6 is 23.4 Å². The zero-order chi connectivity index (χ0) is 14.9. The minimum absolute atomic E-state index is 0.0931. The lowest BCUT2D eigenvalue weighted by Crippen LogP contribution is -2.17. The van der Waals surface area contributed by atoms with Gasteiger partial charge in [0.2, 0.25) is 0 Å². The highest BCUT2D eigenvalue weighted by Gasteiger charge is 2.41. The van der Waals surface area contributed by atoms with Crippen molar-refractivity contribution in [1.29, 1.82) is 0 Å². The SMILES string of the molecule is Clc1ccc([C@H]2ONC3=NC(=Nc4ccccc4)S[C@H]32)cc1. The molecule has 22 heavy (non-hydrogen) atoms. The Morgan fingerprint density at radius 1 is 1.09 bits per heavy atom. The van der Waals surface area contributed by atoms with Gasteiger partial charge in [-0.3, -0.25) is 10.3 Å². The van der Waals surface area contributed by atoms with Crippen LogP contribution in [0.5, 0.6) is 0 Å². The van der Waals surface area contributed by atoms with Crippen LogP contribution in [0.1, 0.15) is 11.7 Å². The van der Waals surface area contributed by atoms with Crippen LogP contribution in [0.4, 0.5) is 5.69 Å². The van der Waals surface area contributed by atoms with Crippen molar-refractivity contribution in [3.05, 3.63) is 65.2 Å². The third-order valence-electron chi connectivity index (χ3n) is 3.46. The van der Waals surface area contributed by atoms with Crippen LogP contribution in [-0.4, -0.2) is 16.3 Å². The molecule has 1 saturated heterocycles. The zero-order valence-electron chi connectivity index (χ0n) is 11.4. The summed E-state index contributed by atoms with van der Waals surface area (Å²) >= 11 is 7.55. The number of para-hydroxylation sites is 1. The van der Waals surface area contributed by atoms with Gasteiger partial charge in [0.25, 0.3) is 0 Å². The molecule has 1 N–H and O–H groups in total. The van der Waals surface area contributed by atoms with Crippen molar-refractivity contribution in [2.45, 2.75) is 11.4 Å². The fourth-order valence-corrected chi connectivity index (χ4v) is 3.60. The zero-order valence-corrected chi connectivity index (χ0v) is 13.0. The third-order valence-corrected chi connectivity index (χ3v) is 4.83. The molecule has 1 fully saturated rings. The summed E-state index contributed by atoms with van der Waals surface area (Å²) in [4.78, 5) is 14.7. The van der Waals surface area contributed by atoms with Crippen LogP contribution in [0.15, 0.2) is 64.6 Å². The molecule has 6 heteroatoms. The maximum atomic E-state index is 5.94. The topological polar surface area (TPSA) is 46.0 Å². The number of amidine groups is 2. The number of nitrogens with zero attached hydrogens (tertiary/aromatic N) is 2. The Kier molecular flexibility index (Phi) is 3.62. The quantitative estimate of drug-likeness (QED) is 0.901.